The molecule has 0 saturated carbocycles. The summed E-state index contributed by atoms with van der Waals surface area (Å²) >= 11 is 2.92. The van der Waals surface area contributed by atoms with Gasteiger partial charge in [-0.3, -0.25) is 0 Å². The monoisotopic (exact) mass is 824 g/mol. The summed E-state index contributed by atoms with van der Waals surface area (Å²) in [4.78, 5) is 20.1. The van der Waals surface area contributed by atoms with Crippen LogP contribution in [0.3, 0.4) is 0 Å². The molecule has 0 aromatic rings. The second-order valence-corrected chi connectivity index (χ2v) is 9.55. The van der Waals surface area contributed by atoms with Gasteiger partial charge >= 0.3 is 52.4 Å². The summed E-state index contributed by atoms with van der Waals surface area (Å²) < 4.78 is 0. The van der Waals surface area contributed by atoms with Crippen LogP contribution in [-0.4, -0.2) is 87.4 Å². The van der Waals surface area contributed by atoms with Gasteiger partial charge in [-0.15, -0.1) is 0 Å². The number of carboxylic acids is 2. The minimum atomic E-state index is -0.952. The number of aliphatic carboxylic acids is 2. The van der Waals surface area contributed by atoms with Gasteiger partial charge in [0.05, 0.1) is 11.9 Å². The number of unbranched alkanes of at least 4 members (excludes halogenated alkanes) is 4. The van der Waals surface area contributed by atoms with Gasteiger partial charge in [0.2, 0.25) is 0 Å². The number of hydrogen-bond acceptors (Lipinski definition) is 6. The van der Waals surface area contributed by atoms with Crippen LogP contribution >= 0.6 is 23.5 Å². The Morgan fingerprint density at radius 3 is 1.21 bits per heavy atom. The molecular weight excluding hydrogens is 786 g/mol. The van der Waals surface area contributed by atoms with E-state index in [-0.39, 0.29) is 63.9 Å². The molecule has 4 radical (unpaired) electrons. The molecule has 0 heterocycles. The average Bonchev–Trinajstić information content (AvgIpc) is 2.52. The van der Waals surface area contributed by atoms with Crippen molar-refractivity contribution in [3.8, 4) is 0 Å². The standard InChI is InChI=1S/2C10H20O2S.2Bi/c2*1-9(2)6-4-3-5-7-13-8-10(11)12;;/h2*9H,3-8H2,1-2H3,(H,11,12);;/q;;2*+3/p-2. The van der Waals surface area contributed by atoms with Crippen LogP contribution in [0, 0.1) is 11.8 Å². The zero-order chi connectivity index (χ0) is 20.2. The van der Waals surface area contributed by atoms with Gasteiger partial charge in [-0.1, -0.05) is 66.2 Å². The molecule has 0 rings (SSSR count). The number of carbonyl (C=O) groups excluding carboxylic acids is 2. The first-order chi connectivity index (χ1) is 12.3. The third kappa shape index (κ3) is 41.7. The summed E-state index contributed by atoms with van der Waals surface area (Å²) in [7, 11) is 0. The first kappa shape index (κ1) is 36.8. The van der Waals surface area contributed by atoms with Gasteiger partial charge in [0.15, 0.2) is 0 Å². The molecule has 4 nitrogen and oxygen atoms in total. The number of carbonyl (C=O) groups is 2. The van der Waals surface area contributed by atoms with Crippen molar-refractivity contribution < 1.29 is 19.8 Å². The Bertz CT molecular complexity index is 312. The molecule has 0 bridgehead atoms. The predicted molar refractivity (Wildman–Crippen MR) is 123 cm³/mol. The second-order valence-electron chi connectivity index (χ2n) is 7.34. The van der Waals surface area contributed by atoms with E-state index in [9.17, 15) is 19.8 Å². The maximum Gasteiger partial charge on any atom is 3.00 e. The third-order valence-corrected chi connectivity index (χ3v) is 5.61. The van der Waals surface area contributed by atoms with E-state index in [0.29, 0.717) is 0 Å². The summed E-state index contributed by atoms with van der Waals surface area (Å²) in [6, 6.07) is 0. The largest absolute Gasteiger partial charge is 3.00 e. The molecule has 0 N–H and O–H groups in total. The van der Waals surface area contributed by atoms with Crippen LogP contribution in [0.4, 0.5) is 0 Å². The average molecular weight is 825 g/mol. The molecule has 0 aromatic carbocycles. The Kier molecular flexibility index (Phi) is 37.3. The van der Waals surface area contributed by atoms with E-state index in [0.717, 1.165) is 36.2 Å². The SMILES string of the molecule is CC(C)CCCCCSCC(=O)[O-].CC(C)CCCCCSCC(=O)[O-].[Bi+3].[Bi+3]. The van der Waals surface area contributed by atoms with Crippen LogP contribution in [0.25, 0.3) is 0 Å². The van der Waals surface area contributed by atoms with E-state index in [1.807, 2.05) is 0 Å². The smallest absolute Gasteiger partial charge is 0.549 e. The van der Waals surface area contributed by atoms with Gasteiger partial charge in [0.1, 0.15) is 0 Å². The van der Waals surface area contributed by atoms with Gasteiger partial charge in [-0.05, 0) is 36.2 Å². The predicted octanol–water partition coefficient (Wildman–Crippen LogP) is 2.61. The van der Waals surface area contributed by atoms with Gasteiger partial charge in [0, 0.05) is 11.5 Å². The third-order valence-electron chi connectivity index (χ3n) is 3.58. The Morgan fingerprint density at radius 2 is 0.964 bits per heavy atom. The zero-order valence-electron chi connectivity index (χ0n) is 18.0. The molecule has 28 heavy (non-hydrogen) atoms. The number of carboxylic acid groups (broad SMARTS) is 2. The van der Waals surface area contributed by atoms with Gasteiger partial charge < -0.3 is 19.8 Å². The molecule has 0 fully saturated rings. The van der Waals surface area contributed by atoms with Crippen LogP contribution < -0.4 is 10.2 Å². The van der Waals surface area contributed by atoms with Crippen molar-refractivity contribution in [3.63, 3.8) is 0 Å². The van der Waals surface area contributed by atoms with Crippen molar-refractivity contribution in [1.82, 2.24) is 0 Å². The topological polar surface area (TPSA) is 80.3 Å². The first-order valence-corrected chi connectivity index (χ1v) is 12.1. The first-order valence-electron chi connectivity index (χ1n) is 9.80. The summed E-state index contributed by atoms with van der Waals surface area (Å²) in [6.45, 7) is 8.91. The van der Waals surface area contributed by atoms with E-state index >= 15 is 0 Å². The summed E-state index contributed by atoms with van der Waals surface area (Å²) in [5.41, 5.74) is 0. The van der Waals surface area contributed by atoms with Crippen molar-refractivity contribution >= 4 is 87.9 Å². The van der Waals surface area contributed by atoms with E-state index in [4.69, 9.17) is 0 Å². The molecule has 0 aliphatic rings. The van der Waals surface area contributed by atoms with E-state index in [1.54, 1.807) is 0 Å². The van der Waals surface area contributed by atoms with Gasteiger partial charge in [0.25, 0.3) is 0 Å². The molecule has 0 unspecified atom stereocenters. The molecule has 0 aliphatic heterocycles. The summed E-state index contributed by atoms with van der Waals surface area (Å²) in [5.74, 6) is 1.86. The molecule has 0 atom stereocenters. The molecule has 0 saturated heterocycles. The normalized spacial score (nSPS) is 9.93. The van der Waals surface area contributed by atoms with Crippen molar-refractivity contribution in [1.29, 1.82) is 0 Å². The molecule has 8 heteroatoms. The van der Waals surface area contributed by atoms with Crippen LogP contribution in [0.5, 0.6) is 0 Å². The minimum absolute atomic E-state index is 0. The molecular formula is C20H38Bi2O4S2+4. The molecule has 0 spiro atoms. The van der Waals surface area contributed by atoms with Gasteiger partial charge in [-0.2, -0.15) is 23.5 Å². The van der Waals surface area contributed by atoms with Gasteiger partial charge in [-0.25, -0.2) is 0 Å². The Labute approximate surface area is 219 Å². The maximum atomic E-state index is 10.0. The molecule has 0 aliphatic carbocycles. The summed E-state index contributed by atoms with van der Waals surface area (Å²) in [6.07, 6.45) is 9.80. The Balaban J connectivity index is -0.000000192. The molecule has 0 aromatic heterocycles. The Morgan fingerprint density at radius 1 is 0.643 bits per heavy atom. The second kappa shape index (κ2) is 28.4. The number of thioether (sulfide) groups is 2. The minimum Gasteiger partial charge on any atom is -0.549 e. The van der Waals surface area contributed by atoms with Crippen molar-refractivity contribution in [2.75, 3.05) is 23.0 Å². The van der Waals surface area contributed by atoms with Crippen molar-refractivity contribution in [3.05, 3.63) is 0 Å². The number of hydrogen-bond donors (Lipinski definition) is 0. The van der Waals surface area contributed by atoms with Crippen LogP contribution in [0.15, 0.2) is 0 Å². The molecule has 160 valence electrons. The zero-order valence-corrected chi connectivity index (χ0v) is 26.6. The van der Waals surface area contributed by atoms with Crippen LogP contribution in [0.1, 0.15) is 79.1 Å². The van der Waals surface area contributed by atoms with Crippen LogP contribution in [0.2, 0.25) is 0 Å². The fraction of sp³-hybridized carbons (Fsp3) is 0.900. The van der Waals surface area contributed by atoms with E-state index in [1.165, 1.54) is 62.0 Å². The van der Waals surface area contributed by atoms with Crippen LogP contribution in [-0.2, 0) is 9.59 Å². The quantitative estimate of drug-likeness (QED) is 0.176. The fourth-order valence-corrected chi connectivity index (χ4v) is 3.62. The fourth-order valence-electron chi connectivity index (χ4n) is 2.18. The van der Waals surface area contributed by atoms with E-state index < -0.39 is 11.9 Å². The van der Waals surface area contributed by atoms with E-state index in [2.05, 4.69) is 27.7 Å². The maximum absolute atomic E-state index is 10.0. The Hall–Kier alpha value is 1.41. The number of rotatable bonds is 16. The molecule has 0 amide bonds. The summed E-state index contributed by atoms with van der Waals surface area (Å²) in [5, 5.41) is 20.1. The van der Waals surface area contributed by atoms with Crippen molar-refractivity contribution in [2.24, 2.45) is 11.8 Å². The van der Waals surface area contributed by atoms with Crippen molar-refractivity contribution in [2.45, 2.75) is 79.1 Å².